The van der Waals surface area contributed by atoms with E-state index in [0.717, 1.165) is 6.42 Å². The summed E-state index contributed by atoms with van der Waals surface area (Å²) in [4.78, 5) is 0. The maximum Gasteiger partial charge on any atom is 0.148 e. The van der Waals surface area contributed by atoms with Crippen molar-refractivity contribution in [1.82, 2.24) is 0 Å². The van der Waals surface area contributed by atoms with Crippen LogP contribution in [0.5, 0.6) is 0 Å². The van der Waals surface area contributed by atoms with E-state index in [-0.39, 0.29) is 11.1 Å². The topological polar surface area (TPSA) is 26.0 Å². The molecule has 0 aliphatic carbocycles. The number of nitrogens with two attached hydrogens (primary N) is 1. The molecule has 0 unspecified atom stereocenters. The summed E-state index contributed by atoms with van der Waals surface area (Å²) in [6.07, 6.45) is 1.57. The summed E-state index contributed by atoms with van der Waals surface area (Å²) in [5.74, 6) is -0.500. The third-order valence-corrected chi connectivity index (χ3v) is 2.67. The maximum atomic E-state index is 13.5. The van der Waals surface area contributed by atoms with Gasteiger partial charge in [0.05, 0.1) is 5.02 Å². The fourth-order valence-corrected chi connectivity index (χ4v) is 1.79. The molecule has 1 aromatic carbocycles. The first-order chi connectivity index (χ1) is 6.57. The van der Waals surface area contributed by atoms with E-state index in [1.807, 2.05) is 6.92 Å². The van der Waals surface area contributed by atoms with E-state index in [1.165, 1.54) is 6.07 Å². The van der Waals surface area contributed by atoms with Crippen LogP contribution in [0.1, 0.15) is 31.4 Å². The number of hydrogen-bond acceptors (Lipinski definition) is 1. The third kappa shape index (κ3) is 2.38. The lowest BCUT2D eigenvalue weighted by Gasteiger charge is -2.14. The van der Waals surface area contributed by atoms with Crippen molar-refractivity contribution in [3.8, 4) is 0 Å². The highest BCUT2D eigenvalue weighted by Gasteiger charge is 2.16. The highest BCUT2D eigenvalue weighted by molar-refractivity contribution is 6.33. The Morgan fingerprint density at radius 3 is 2.50 bits per heavy atom. The highest BCUT2D eigenvalue weighted by Crippen LogP contribution is 2.31. The monoisotopic (exact) mass is 235 g/mol. The predicted molar refractivity (Wildman–Crippen MR) is 58.3 cm³/mol. The first kappa shape index (κ1) is 11.8. The second kappa shape index (κ2) is 4.96. The van der Waals surface area contributed by atoms with Gasteiger partial charge < -0.3 is 5.73 Å². The van der Waals surface area contributed by atoms with Crippen molar-refractivity contribution in [3.63, 3.8) is 0 Å². The van der Waals surface area contributed by atoms with Crippen molar-refractivity contribution in [1.29, 1.82) is 0 Å². The van der Waals surface area contributed by atoms with Crippen LogP contribution in [-0.2, 0) is 0 Å². The predicted octanol–water partition coefficient (Wildman–Crippen LogP) is 3.93. The van der Waals surface area contributed by atoms with Gasteiger partial charge in [0.25, 0.3) is 0 Å². The SMILES string of the molecule is CCC[C@H](N)c1c(Cl)ccc(Cl)c1F. The van der Waals surface area contributed by atoms with Gasteiger partial charge >= 0.3 is 0 Å². The normalized spacial score (nSPS) is 12.9. The molecule has 78 valence electrons. The molecule has 0 heterocycles. The average Bonchev–Trinajstić information content (AvgIpc) is 2.13. The van der Waals surface area contributed by atoms with E-state index >= 15 is 0 Å². The molecule has 2 N–H and O–H groups in total. The Kier molecular flexibility index (Phi) is 4.17. The van der Waals surface area contributed by atoms with E-state index in [9.17, 15) is 4.39 Å². The van der Waals surface area contributed by atoms with Gasteiger partial charge in [0.15, 0.2) is 0 Å². The van der Waals surface area contributed by atoms with Crippen LogP contribution < -0.4 is 5.73 Å². The van der Waals surface area contributed by atoms with E-state index in [0.29, 0.717) is 17.0 Å². The minimum absolute atomic E-state index is 0.0657. The summed E-state index contributed by atoms with van der Waals surface area (Å²) in [5.41, 5.74) is 6.11. The maximum absolute atomic E-state index is 13.5. The van der Waals surface area contributed by atoms with Crippen LogP contribution in [0.2, 0.25) is 10.0 Å². The second-order valence-corrected chi connectivity index (χ2v) is 3.97. The molecule has 0 aliphatic heterocycles. The van der Waals surface area contributed by atoms with E-state index in [2.05, 4.69) is 0 Å². The lowest BCUT2D eigenvalue weighted by atomic mass is 10.0. The zero-order valence-corrected chi connectivity index (χ0v) is 9.37. The molecule has 14 heavy (non-hydrogen) atoms. The summed E-state index contributed by atoms with van der Waals surface area (Å²) in [5, 5.41) is 0.406. The van der Waals surface area contributed by atoms with Crippen LogP contribution in [0.25, 0.3) is 0 Å². The fraction of sp³-hybridized carbons (Fsp3) is 0.400. The van der Waals surface area contributed by atoms with Crippen molar-refractivity contribution in [2.45, 2.75) is 25.8 Å². The molecule has 0 aliphatic rings. The molecule has 0 radical (unpaired) electrons. The summed E-state index contributed by atoms with van der Waals surface area (Å²) < 4.78 is 13.5. The second-order valence-electron chi connectivity index (χ2n) is 3.15. The lowest BCUT2D eigenvalue weighted by molar-refractivity contribution is 0.560. The van der Waals surface area contributed by atoms with Gasteiger partial charge in [-0.05, 0) is 18.6 Å². The highest BCUT2D eigenvalue weighted by atomic mass is 35.5. The Bertz CT molecular complexity index is 328. The first-order valence-corrected chi connectivity index (χ1v) is 5.22. The summed E-state index contributed by atoms with van der Waals surface area (Å²) in [6.45, 7) is 1.98. The van der Waals surface area contributed by atoms with Gasteiger partial charge in [-0.15, -0.1) is 0 Å². The van der Waals surface area contributed by atoms with Crippen LogP contribution >= 0.6 is 23.2 Å². The Hall–Kier alpha value is -0.310. The van der Waals surface area contributed by atoms with Crippen molar-refractivity contribution in [3.05, 3.63) is 33.6 Å². The molecule has 1 aromatic rings. The Morgan fingerprint density at radius 2 is 1.93 bits per heavy atom. The van der Waals surface area contributed by atoms with Gasteiger partial charge in [0, 0.05) is 16.6 Å². The fourth-order valence-electron chi connectivity index (χ4n) is 1.34. The largest absolute Gasteiger partial charge is 0.324 e. The van der Waals surface area contributed by atoms with Crippen LogP contribution in [0.4, 0.5) is 4.39 Å². The number of rotatable bonds is 3. The van der Waals surface area contributed by atoms with Crippen LogP contribution in [-0.4, -0.2) is 0 Å². The zero-order chi connectivity index (χ0) is 10.7. The quantitative estimate of drug-likeness (QED) is 0.790. The lowest BCUT2D eigenvalue weighted by Crippen LogP contribution is -2.12. The first-order valence-electron chi connectivity index (χ1n) is 4.46. The molecule has 1 rings (SSSR count). The third-order valence-electron chi connectivity index (χ3n) is 2.05. The van der Waals surface area contributed by atoms with Crippen LogP contribution in [0.15, 0.2) is 12.1 Å². The smallest absolute Gasteiger partial charge is 0.148 e. The molecule has 0 spiro atoms. The summed E-state index contributed by atoms with van der Waals surface area (Å²) >= 11 is 11.5. The molecule has 0 fully saturated rings. The summed E-state index contributed by atoms with van der Waals surface area (Å²) in [6, 6.07) is 2.62. The molecule has 0 amide bonds. The van der Waals surface area contributed by atoms with Crippen molar-refractivity contribution < 1.29 is 4.39 Å². The minimum Gasteiger partial charge on any atom is -0.324 e. The van der Waals surface area contributed by atoms with Crippen LogP contribution in [0.3, 0.4) is 0 Å². The van der Waals surface area contributed by atoms with Gasteiger partial charge in [-0.3, -0.25) is 0 Å². The van der Waals surface area contributed by atoms with Gasteiger partial charge in [-0.2, -0.15) is 0 Å². The molecule has 0 aromatic heterocycles. The van der Waals surface area contributed by atoms with Crippen LogP contribution in [0, 0.1) is 5.82 Å². The molecule has 1 atom stereocenters. The van der Waals surface area contributed by atoms with Crippen molar-refractivity contribution >= 4 is 23.2 Å². The summed E-state index contributed by atoms with van der Waals surface area (Å²) in [7, 11) is 0. The molecular formula is C10H12Cl2FN. The molecule has 0 saturated heterocycles. The standard InChI is InChI=1S/C10H12Cl2FN/c1-2-3-8(14)9-6(11)4-5-7(12)10(9)13/h4-5,8H,2-3,14H2,1H3/t8-/m0/s1. The van der Waals surface area contributed by atoms with Gasteiger partial charge in [-0.25, -0.2) is 4.39 Å². The van der Waals surface area contributed by atoms with Crippen molar-refractivity contribution in [2.24, 2.45) is 5.73 Å². The Labute approximate surface area is 93.0 Å². The van der Waals surface area contributed by atoms with Crippen molar-refractivity contribution in [2.75, 3.05) is 0 Å². The van der Waals surface area contributed by atoms with Gasteiger partial charge in [0.2, 0.25) is 0 Å². The number of halogens is 3. The molecule has 0 saturated carbocycles. The number of hydrogen-bond donors (Lipinski definition) is 1. The molecule has 0 bridgehead atoms. The van der Waals surface area contributed by atoms with E-state index in [4.69, 9.17) is 28.9 Å². The molecular weight excluding hydrogens is 224 g/mol. The zero-order valence-electron chi connectivity index (χ0n) is 7.86. The Morgan fingerprint density at radius 1 is 1.36 bits per heavy atom. The van der Waals surface area contributed by atoms with Gasteiger partial charge in [0.1, 0.15) is 5.82 Å². The minimum atomic E-state index is -0.500. The average molecular weight is 236 g/mol. The Balaban J connectivity index is 3.11. The molecule has 1 nitrogen and oxygen atoms in total. The number of benzene rings is 1. The van der Waals surface area contributed by atoms with E-state index < -0.39 is 5.82 Å². The van der Waals surface area contributed by atoms with E-state index in [1.54, 1.807) is 6.07 Å². The molecule has 4 heteroatoms. The van der Waals surface area contributed by atoms with Gasteiger partial charge in [-0.1, -0.05) is 36.5 Å².